The fourth-order valence-corrected chi connectivity index (χ4v) is 3.08. The zero-order chi connectivity index (χ0) is 17.9. The van der Waals surface area contributed by atoms with Crippen LogP contribution < -0.4 is 14.5 Å². The summed E-state index contributed by atoms with van der Waals surface area (Å²) in [5, 5.41) is 0. The lowest BCUT2D eigenvalue weighted by Gasteiger charge is -2.35. The lowest BCUT2D eigenvalue weighted by molar-refractivity contribution is 0.396. The maximum atomic E-state index is 5.19. The first-order chi connectivity index (χ1) is 12.7. The van der Waals surface area contributed by atoms with Crippen LogP contribution >= 0.6 is 0 Å². The molecule has 8 heteroatoms. The van der Waals surface area contributed by atoms with Gasteiger partial charge in [0.05, 0.1) is 7.11 Å². The molecule has 0 bridgehead atoms. The number of aromatic nitrogens is 5. The molecule has 0 spiro atoms. The fourth-order valence-electron chi connectivity index (χ4n) is 3.08. The molecule has 134 valence electrons. The Morgan fingerprint density at radius 1 is 0.885 bits per heavy atom. The Kier molecular flexibility index (Phi) is 4.39. The smallest absolute Gasteiger partial charge is 0.228 e. The van der Waals surface area contributed by atoms with Crippen molar-refractivity contribution in [1.82, 2.24) is 24.5 Å². The summed E-state index contributed by atoms with van der Waals surface area (Å²) >= 11 is 0. The van der Waals surface area contributed by atoms with Crippen molar-refractivity contribution < 1.29 is 4.74 Å². The Morgan fingerprint density at radius 3 is 2.38 bits per heavy atom. The number of anilines is 2. The number of rotatable bonds is 4. The van der Waals surface area contributed by atoms with E-state index in [4.69, 9.17) is 9.72 Å². The molecule has 0 amide bonds. The van der Waals surface area contributed by atoms with Crippen LogP contribution in [0.25, 0.3) is 5.82 Å². The third-order valence-corrected chi connectivity index (χ3v) is 4.51. The minimum absolute atomic E-state index is 0.586. The SMILES string of the molecule is COc1ccnc(N2CCN(c3cccc(-n4ccnc4C)n3)CC2)n1. The highest BCUT2D eigenvalue weighted by Gasteiger charge is 2.20. The van der Waals surface area contributed by atoms with Gasteiger partial charge in [0.2, 0.25) is 11.8 Å². The molecular formula is C18H21N7O. The number of piperazine rings is 1. The molecule has 1 saturated heterocycles. The van der Waals surface area contributed by atoms with E-state index in [1.54, 1.807) is 25.6 Å². The number of nitrogens with zero attached hydrogens (tertiary/aromatic N) is 7. The molecular weight excluding hydrogens is 330 g/mol. The van der Waals surface area contributed by atoms with Gasteiger partial charge in [0.1, 0.15) is 17.5 Å². The molecule has 0 unspecified atom stereocenters. The van der Waals surface area contributed by atoms with Gasteiger partial charge in [-0.05, 0) is 19.1 Å². The minimum atomic E-state index is 0.586. The summed E-state index contributed by atoms with van der Waals surface area (Å²) in [6.07, 6.45) is 5.45. The summed E-state index contributed by atoms with van der Waals surface area (Å²) in [6.45, 7) is 5.37. The van der Waals surface area contributed by atoms with E-state index in [1.807, 2.05) is 35.9 Å². The van der Waals surface area contributed by atoms with Gasteiger partial charge < -0.3 is 14.5 Å². The number of pyridine rings is 1. The largest absolute Gasteiger partial charge is 0.481 e. The normalized spacial score (nSPS) is 14.5. The van der Waals surface area contributed by atoms with Gasteiger partial charge in [-0.25, -0.2) is 15.0 Å². The number of hydrogen-bond acceptors (Lipinski definition) is 7. The number of imidazole rings is 1. The van der Waals surface area contributed by atoms with Gasteiger partial charge in [0.25, 0.3) is 0 Å². The maximum Gasteiger partial charge on any atom is 0.228 e. The topological polar surface area (TPSA) is 72.2 Å². The second-order valence-electron chi connectivity index (χ2n) is 6.07. The van der Waals surface area contributed by atoms with Crippen LogP contribution in [0.5, 0.6) is 5.88 Å². The third kappa shape index (κ3) is 3.17. The molecule has 8 nitrogen and oxygen atoms in total. The predicted octanol–water partition coefficient (Wildman–Crippen LogP) is 1.70. The lowest BCUT2D eigenvalue weighted by atomic mass is 10.3. The van der Waals surface area contributed by atoms with Crippen molar-refractivity contribution in [2.45, 2.75) is 6.92 Å². The van der Waals surface area contributed by atoms with Crippen LogP contribution in [0, 0.1) is 6.92 Å². The monoisotopic (exact) mass is 351 g/mol. The van der Waals surface area contributed by atoms with Gasteiger partial charge in [-0.3, -0.25) is 4.57 Å². The van der Waals surface area contributed by atoms with Crippen molar-refractivity contribution in [2.75, 3.05) is 43.1 Å². The van der Waals surface area contributed by atoms with Crippen LogP contribution in [0.15, 0.2) is 42.9 Å². The summed E-state index contributed by atoms with van der Waals surface area (Å²) in [4.78, 5) is 22.3. The summed E-state index contributed by atoms with van der Waals surface area (Å²) in [5.41, 5.74) is 0. The first kappa shape index (κ1) is 16.3. The number of hydrogen-bond donors (Lipinski definition) is 0. The van der Waals surface area contributed by atoms with E-state index in [1.165, 1.54) is 0 Å². The molecule has 1 aliphatic rings. The third-order valence-electron chi connectivity index (χ3n) is 4.51. The van der Waals surface area contributed by atoms with Gasteiger partial charge >= 0.3 is 0 Å². The van der Waals surface area contributed by atoms with Gasteiger partial charge in [0, 0.05) is 50.8 Å². The van der Waals surface area contributed by atoms with Crippen molar-refractivity contribution in [3.05, 3.63) is 48.7 Å². The molecule has 1 aliphatic heterocycles. The van der Waals surface area contributed by atoms with Gasteiger partial charge in [-0.15, -0.1) is 0 Å². The molecule has 1 fully saturated rings. The summed E-state index contributed by atoms with van der Waals surface area (Å²) in [6, 6.07) is 7.84. The standard InChI is InChI=1S/C18H21N7O/c1-14-19-8-9-25(14)16-5-3-4-15(21-16)23-10-12-24(13-11-23)18-20-7-6-17(22-18)26-2/h3-9H,10-13H2,1-2H3. The quantitative estimate of drug-likeness (QED) is 0.708. The van der Waals surface area contributed by atoms with Crippen LogP contribution in [0.3, 0.4) is 0 Å². The van der Waals surface area contributed by atoms with Crippen molar-refractivity contribution >= 4 is 11.8 Å². The summed E-state index contributed by atoms with van der Waals surface area (Å²) < 4.78 is 7.18. The molecule has 4 rings (SSSR count). The lowest BCUT2D eigenvalue weighted by Crippen LogP contribution is -2.47. The van der Waals surface area contributed by atoms with E-state index in [-0.39, 0.29) is 0 Å². The van der Waals surface area contributed by atoms with E-state index < -0.39 is 0 Å². The highest BCUT2D eigenvalue weighted by molar-refractivity contribution is 5.45. The first-order valence-electron chi connectivity index (χ1n) is 8.59. The number of ether oxygens (including phenoxy) is 1. The second-order valence-corrected chi connectivity index (χ2v) is 6.07. The molecule has 3 aromatic rings. The molecule has 0 N–H and O–H groups in total. The van der Waals surface area contributed by atoms with E-state index >= 15 is 0 Å². The second kappa shape index (κ2) is 6.99. The van der Waals surface area contributed by atoms with Crippen molar-refractivity contribution in [3.8, 4) is 11.7 Å². The maximum absolute atomic E-state index is 5.19. The Balaban J connectivity index is 1.47. The minimum Gasteiger partial charge on any atom is -0.481 e. The fraction of sp³-hybridized carbons (Fsp3) is 0.333. The van der Waals surface area contributed by atoms with E-state index in [9.17, 15) is 0 Å². The van der Waals surface area contributed by atoms with Crippen LogP contribution in [0.4, 0.5) is 11.8 Å². The zero-order valence-electron chi connectivity index (χ0n) is 14.9. The average Bonchev–Trinajstić information content (AvgIpc) is 3.14. The molecule has 0 atom stereocenters. The predicted molar refractivity (Wildman–Crippen MR) is 99.1 cm³/mol. The number of aryl methyl sites for hydroxylation is 1. The van der Waals surface area contributed by atoms with Crippen molar-refractivity contribution in [2.24, 2.45) is 0 Å². The number of methoxy groups -OCH3 is 1. The Labute approximate surface area is 152 Å². The van der Waals surface area contributed by atoms with Gasteiger partial charge in [-0.1, -0.05) is 6.07 Å². The summed E-state index contributed by atoms with van der Waals surface area (Å²) in [7, 11) is 1.62. The van der Waals surface area contributed by atoms with Crippen LogP contribution in [-0.2, 0) is 0 Å². The Hall–Kier alpha value is -3.16. The molecule has 0 aromatic carbocycles. The molecule has 26 heavy (non-hydrogen) atoms. The highest BCUT2D eigenvalue weighted by Crippen LogP contribution is 2.19. The van der Waals surface area contributed by atoms with E-state index in [0.29, 0.717) is 11.8 Å². The van der Waals surface area contributed by atoms with Gasteiger partial charge in [0.15, 0.2) is 0 Å². The van der Waals surface area contributed by atoms with Crippen LogP contribution in [0.2, 0.25) is 0 Å². The Bertz CT molecular complexity index is 887. The van der Waals surface area contributed by atoms with Crippen LogP contribution in [0.1, 0.15) is 5.82 Å². The molecule has 4 heterocycles. The molecule has 3 aromatic heterocycles. The molecule has 0 aliphatic carbocycles. The zero-order valence-corrected chi connectivity index (χ0v) is 14.9. The van der Waals surface area contributed by atoms with E-state index in [0.717, 1.165) is 43.6 Å². The van der Waals surface area contributed by atoms with E-state index in [2.05, 4.69) is 24.8 Å². The molecule has 0 saturated carbocycles. The van der Waals surface area contributed by atoms with Crippen LogP contribution in [-0.4, -0.2) is 57.8 Å². The van der Waals surface area contributed by atoms with Gasteiger partial charge in [-0.2, -0.15) is 4.98 Å². The summed E-state index contributed by atoms with van der Waals surface area (Å²) in [5.74, 6) is 4.08. The van der Waals surface area contributed by atoms with Crippen molar-refractivity contribution in [3.63, 3.8) is 0 Å². The highest BCUT2D eigenvalue weighted by atomic mass is 16.5. The van der Waals surface area contributed by atoms with Crippen molar-refractivity contribution in [1.29, 1.82) is 0 Å². The molecule has 0 radical (unpaired) electrons. The first-order valence-corrected chi connectivity index (χ1v) is 8.59. The Morgan fingerprint density at radius 2 is 1.65 bits per heavy atom. The average molecular weight is 351 g/mol.